The van der Waals surface area contributed by atoms with Crippen LogP contribution in [0.5, 0.6) is 11.6 Å². The van der Waals surface area contributed by atoms with Crippen LogP contribution in [-0.4, -0.2) is 24.3 Å². The van der Waals surface area contributed by atoms with Crippen molar-refractivity contribution in [3.05, 3.63) is 52.7 Å². The van der Waals surface area contributed by atoms with E-state index in [2.05, 4.69) is 4.98 Å². The molecule has 2 rings (SSSR count). The molecule has 1 N–H and O–H groups in total. The summed E-state index contributed by atoms with van der Waals surface area (Å²) in [6.45, 7) is 3.99. The van der Waals surface area contributed by atoms with E-state index >= 15 is 0 Å². The average Bonchev–Trinajstić information content (AvgIpc) is 2.49. The largest absolute Gasteiger partial charge is 0.496 e. The fourth-order valence-electron chi connectivity index (χ4n) is 2.25. The van der Waals surface area contributed by atoms with E-state index in [0.717, 1.165) is 11.1 Å². The van der Waals surface area contributed by atoms with Crippen LogP contribution in [-0.2, 0) is 0 Å². The Balaban J connectivity index is 2.53. The van der Waals surface area contributed by atoms with Crippen molar-refractivity contribution < 1.29 is 14.6 Å². The highest BCUT2D eigenvalue weighted by atomic mass is 16.5. The number of rotatable bonds is 4. The van der Waals surface area contributed by atoms with Crippen molar-refractivity contribution in [2.24, 2.45) is 0 Å². The van der Waals surface area contributed by atoms with Crippen molar-refractivity contribution in [3.8, 4) is 11.6 Å². The van der Waals surface area contributed by atoms with Crippen molar-refractivity contribution in [3.63, 3.8) is 0 Å². The van der Waals surface area contributed by atoms with Crippen LogP contribution in [0.1, 0.15) is 28.4 Å². The average molecular weight is 273 g/mol. The summed E-state index contributed by atoms with van der Waals surface area (Å²) in [6, 6.07) is 7.41. The van der Waals surface area contributed by atoms with E-state index in [1.54, 1.807) is 25.4 Å². The van der Waals surface area contributed by atoms with Crippen molar-refractivity contribution in [1.29, 1.82) is 0 Å². The van der Waals surface area contributed by atoms with Gasteiger partial charge in [-0.3, -0.25) is 0 Å². The maximum atomic E-state index is 10.6. The molecule has 2 aromatic rings. The van der Waals surface area contributed by atoms with Crippen LogP contribution in [0.2, 0.25) is 0 Å². The molecule has 0 aliphatic carbocycles. The number of ether oxygens (including phenoxy) is 2. The van der Waals surface area contributed by atoms with Crippen molar-refractivity contribution in [1.82, 2.24) is 4.98 Å². The van der Waals surface area contributed by atoms with Crippen molar-refractivity contribution in [2.75, 3.05) is 14.2 Å². The molecule has 4 nitrogen and oxygen atoms in total. The monoisotopic (exact) mass is 273 g/mol. The van der Waals surface area contributed by atoms with Crippen LogP contribution < -0.4 is 9.47 Å². The van der Waals surface area contributed by atoms with Crippen LogP contribution in [0.15, 0.2) is 30.5 Å². The van der Waals surface area contributed by atoms with Gasteiger partial charge < -0.3 is 14.6 Å². The minimum atomic E-state index is -0.840. The second kappa shape index (κ2) is 5.92. The van der Waals surface area contributed by atoms with Gasteiger partial charge in [-0.2, -0.15) is 0 Å². The Kier molecular flexibility index (Phi) is 4.25. The zero-order valence-corrected chi connectivity index (χ0v) is 12.2. The predicted octanol–water partition coefficient (Wildman–Crippen LogP) is 2.80. The highest BCUT2D eigenvalue weighted by Crippen LogP contribution is 2.36. The second-order valence-corrected chi connectivity index (χ2v) is 4.63. The quantitative estimate of drug-likeness (QED) is 0.930. The summed E-state index contributed by atoms with van der Waals surface area (Å²) in [7, 11) is 3.15. The number of pyridine rings is 1. The standard InChI is InChI=1S/C16H19NO3/c1-10-7-8-12(15(19-3)11(10)2)14(18)13-6-5-9-17-16(13)20-4/h5-9,14,18H,1-4H3. The third kappa shape index (κ3) is 2.47. The van der Waals surface area contributed by atoms with Crippen LogP contribution in [0.25, 0.3) is 0 Å². The fraction of sp³-hybridized carbons (Fsp3) is 0.312. The van der Waals surface area contributed by atoms with E-state index < -0.39 is 6.10 Å². The molecule has 20 heavy (non-hydrogen) atoms. The molecule has 0 radical (unpaired) electrons. The molecule has 1 aromatic heterocycles. The number of nitrogens with zero attached hydrogens (tertiary/aromatic N) is 1. The molecule has 1 atom stereocenters. The molecular weight excluding hydrogens is 254 g/mol. The SMILES string of the molecule is COc1ncccc1C(O)c1ccc(C)c(C)c1OC. The van der Waals surface area contributed by atoms with Gasteiger partial charge in [-0.15, -0.1) is 0 Å². The van der Waals surface area contributed by atoms with E-state index in [1.165, 1.54) is 7.11 Å². The first-order valence-electron chi connectivity index (χ1n) is 6.41. The van der Waals surface area contributed by atoms with Crippen LogP contribution >= 0.6 is 0 Å². The Hall–Kier alpha value is -2.07. The molecule has 0 saturated carbocycles. The number of hydrogen-bond acceptors (Lipinski definition) is 4. The molecule has 1 aromatic carbocycles. The second-order valence-electron chi connectivity index (χ2n) is 4.63. The Bertz CT molecular complexity index is 611. The van der Waals surface area contributed by atoms with Gasteiger partial charge in [-0.1, -0.05) is 12.1 Å². The van der Waals surface area contributed by atoms with Gasteiger partial charge in [0.05, 0.1) is 14.2 Å². The number of aliphatic hydroxyl groups is 1. The highest BCUT2D eigenvalue weighted by Gasteiger charge is 2.21. The van der Waals surface area contributed by atoms with Gasteiger partial charge in [0.15, 0.2) is 0 Å². The van der Waals surface area contributed by atoms with Gasteiger partial charge in [0.2, 0.25) is 5.88 Å². The first-order valence-corrected chi connectivity index (χ1v) is 6.41. The van der Waals surface area contributed by atoms with E-state index in [9.17, 15) is 5.11 Å². The van der Waals surface area contributed by atoms with E-state index in [-0.39, 0.29) is 0 Å². The Morgan fingerprint density at radius 2 is 1.80 bits per heavy atom. The zero-order chi connectivity index (χ0) is 14.7. The molecule has 0 aliphatic rings. The number of methoxy groups -OCH3 is 2. The van der Waals surface area contributed by atoms with E-state index in [1.807, 2.05) is 26.0 Å². The minimum Gasteiger partial charge on any atom is -0.496 e. The van der Waals surface area contributed by atoms with Gasteiger partial charge in [0, 0.05) is 17.3 Å². The highest BCUT2D eigenvalue weighted by molar-refractivity contribution is 5.49. The number of hydrogen-bond donors (Lipinski definition) is 1. The van der Waals surface area contributed by atoms with Crippen LogP contribution in [0.4, 0.5) is 0 Å². The lowest BCUT2D eigenvalue weighted by Crippen LogP contribution is -2.07. The first-order chi connectivity index (χ1) is 9.60. The van der Waals surface area contributed by atoms with Gasteiger partial charge in [0.1, 0.15) is 11.9 Å². The van der Waals surface area contributed by atoms with Gasteiger partial charge in [-0.25, -0.2) is 4.98 Å². The normalized spacial score (nSPS) is 12.1. The van der Waals surface area contributed by atoms with Gasteiger partial charge in [-0.05, 0) is 37.1 Å². The number of aromatic nitrogens is 1. The molecule has 4 heteroatoms. The van der Waals surface area contributed by atoms with Crippen LogP contribution in [0.3, 0.4) is 0 Å². The summed E-state index contributed by atoms with van der Waals surface area (Å²) in [5.41, 5.74) is 3.47. The first kappa shape index (κ1) is 14.3. The lowest BCUT2D eigenvalue weighted by molar-refractivity contribution is 0.208. The molecule has 0 spiro atoms. The molecule has 0 amide bonds. The third-order valence-electron chi connectivity index (χ3n) is 3.49. The Morgan fingerprint density at radius 1 is 1.05 bits per heavy atom. The van der Waals surface area contributed by atoms with Crippen molar-refractivity contribution >= 4 is 0 Å². The minimum absolute atomic E-state index is 0.417. The van der Waals surface area contributed by atoms with E-state index in [4.69, 9.17) is 9.47 Å². The Morgan fingerprint density at radius 3 is 2.45 bits per heavy atom. The Labute approximate surface area is 119 Å². The zero-order valence-electron chi connectivity index (χ0n) is 12.2. The van der Waals surface area contributed by atoms with Crippen molar-refractivity contribution in [2.45, 2.75) is 20.0 Å². The number of aryl methyl sites for hydroxylation is 1. The molecule has 1 unspecified atom stereocenters. The summed E-state index contributed by atoms with van der Waals surface area (Å²) in [4.78, 5) is 4.12. The lowest BCUT2D eigenvalue weighted by Gasteiger charge is -2.19. The summed E-state index contributed by atoms with van der Waals surface area (Å²) >= 11 is 0. The molecule has 0 bridgehead atoms. The number of benzene rings is 1. The summed E-state index contributed by atoms with van der Waals surface area (Å²) in [5.74, 6) is 1.11. The molecule has 106 valence electrons. The maximum Gasteiger partial charge on any atom is 0.219 e. The predicted molar refractivity (Wildman–Crippen MR) is 77.3 cm³/mol. The van der Waals surface area contributed by atoms with Crippen LogP contribution in [0, 0.1) is 13.8 Å². The molecule has 0 aliphatic heterocycles. The number of aliphatic hydroxyl groups excluding tert-OH is 1. The fourth-order valence-corrected chi connectivity index (χ4v) is 2.25. The molecule has 1 heterocycles. The molecule has 0 saturated heterocycles. The van der Waals surface area contributed by atoms with E-state index in [0.29, 0.717) is 22.8 Å². The maximum absolute atomic E-state index is 10.6. The topological polar surface area (TPSA) is 51.6 Å². The molecule has 0 fully saturated rings. The summed E-state index contributed by atoms with van der Waals surface area (Å²) < 4.78 is 10.7. The van der Waals surface area contributed by atoms with Gasteiger partial charge >= 0.3 is 0 Å². The summed E-state index contributed by atoms with van der Waals surface area (Å²) in [5, 5.41) is 10.6. The third-order valence-corrected chi connectivity index (χ3v) is 3.49. The summed E-state index contributed by atoms with van der Waals surface area (Å²) in [6.07, 6.45) is 0.792. The molecular formula is C16H19NO3. The smallest absolute Gasteiger partial charge is 0.219 e. The lowest BCUT2D eigenvalue weighted by atomic mass is 9.97. The van der Waals surface area contributed by atoms with Gasteiger partial charge in [0.25, 0.3) is 0 Å².